The van der Waals surface area contributed by atoms with Crippen molar-refractivity contribution in [2.24, 2.45) is 0 Å². The van der Waals surface area contributed by atoms with Gasteiger partial charge < -0.3 is 15.7 Å². The Morgan fingerprint density at radius 2 is 1.54 bits per heavy atom. The van der Waals surface area contributed by atoms with Crippen molar-refractivity contribution >= 4 is 12.0 Å². The fourth-order valence-corrected chi connectivity index (χ4v) is 3.51. The van der Waals surface area contributed by atoms with E-state index in [0.717, 1.165) is 38.0 Å². The van der Waals surface area contributed by atoms with Crippen LogP contribution in [-0.4, -0.2) is 47.2 Å². The van der Waals surface area contributed by atoms with Gasteiger partial charge in [-0.1, -0.05) is 60.7 Å². The number of carbonyl (C=O) groups excluding carboxylic acids is 1. The molecule has 1 atom stereocenters. The Kier molecular flexibility index (Phi) is 7.03. The molecular weight excluding hydrogens is 354 g/mol. The molecule has 0 aliphatic carbocycles. The minimum absolute atomic E-state index is 0.0678. The fraction of sp³-hybridized carbons (Fsp3) is 0.364. The topological polar surface area (TPSA) is 81.7 Å². The summed E-state index contributed by atoms with van der Waals surface area (Å²) >= 11 is 0. The first-order valence-electron chi connectivity index (χ1n) is 9.70. The number of urea groups is 1. The Morgan fingerprint density at radius 1 is 0.964 bits per heavy atom. The Morgan fingerprint density at radius 3 is 2.11 bits per heavy atom. The third-order valence-electron chi connectivity index (χ3n) is 5.06. The number of aliphatic carboxylic acids is 1. The number of carboxylic acids is 1. The zero-order valence-electron chi connectivity index (χ0n) is 15.9. The second kappa shape index (κ2) is 9.90. The summed E-state index contributed by atoms with van der Waals surface area (Å²) in [5.41, 5.74) is 2.17. The first kappa shape index (κ1) is 19.9. The van der Waals surface area contributed by atoms with Crippen LogP contribution < -0.4 is 10.6 Å². The van der Waals surface area contributed by atoms with Crippen LogP contribution >= 0.6 is 0 Å². The van der Waals surface area contributed by atoms with Crippen LogP contribution in [0.15, 0.2) is 60.7 Å². The van der Waals surface area contributed by atoms with Gasteiger partial charge >= 0.3 is 12.0 Å². The van der Waals surface area contributed by atoms with Gasteiger partial charge in [-0.3, -0.25) is 4.90 Å². The molecule has 2 aromatic carbocycles. The number of benzene rings is 2. The van der Waals surface area contributed by atoms with Crippen molar-refractivity contribution in [2.75, 3.05) is 13.1 Å². The Bertz CT molecular complexity index is 759. The molecule has 0 spiro atoms. The minimum atomic E-state index is -1.03. The molecule has 0 radical (unpaired) electrons. The summed E-state index contributed by atoms with van der Waals surface area (Å²) in [5.74, 6) is -1.03. The molecule has 1 aliphatic rings. The molecule has 3 rings (SSSR count). The lowest BCUT2D eigenvalue weighted by Crippen LogP contribution is -2.52. The molecule has 6 nitrogen and oxygen atoms in total. The van der Waals surface area contributed by atoms with Crippen molar-refractivity contribution in [2.45, 2.75) is 37.9 Å². The van der Waals surface area contributed by atoms with Gasteiger partial charge in [0.15, 0.2) is 0 Å². The van der Waals surface area contributed by atoms with Crippen LogP contribution in [0.2, 0.25) is 0 Å². The van der Waals surface area contributed by atoms with Crippen molar-refractivity contribution in [3.05, 3.63) is 71.8 Å². The Balaban J connectivity index is 1.43. The highest BCUT2D eigenvalue weighted by Crippen LogP contribution is 2.14. The van der Waals surface area contributed by atoms with E-state index < -0.39 is 18.0 Å². The number of hydrogen-bond acceptors (Lipinski definition) is 3. The van der Waals surface area contributed by atoms with Gasteiger partial charge in [-0.2, -0.15) is 0 Å². The summed E-state index contributed by atoms with van der Waals surface area (Å²) in [6.07, 6.45) is 1.98. The summed E-state index contributed by atoms with van der Waals surface area (Å²) in [6.45, 7) is 2.73. The van der Waals surface area contributed by atoms with Crippen molar-refractivity contribution in [3.8, 4) is 0 Å². The van der Waals surface area contributed by atoms with E-state index in [4.69, 9.17) is 0 Å². The molecule has 1 heterocycles. The van der Waals surface area contributed by atoms with E-state index in [1.165, 1.54) is 5.56 Å². The molecule has 2 amide bonds. The number of rotatable bonds is 7. The molecule has 2 aromatic rings. The van der Waals surface area contributed by atoms with Gasteiger partial charge in [0, 0.05) is 32.1 Å². The minimum Gasteiger partial charge on any atom is -0.480 e. The van der Waals surface area contributed by atoms with E-state index in [2.05, 4.69) is 27.7 Å². The molecule has 0 bridgehead atoms. The van der Waals surface area contributed by atoms with Crippen LogP contribution in [0.1, 0.15) is 24.0 Å². The first-order valence-corrected chi connectivity index (χ1v) is 9.70. The SMILES string of the molecule is O=C(NC1CCN(Cc2ccccc2)CC1)N[C@@H](Cc1ccccc1)C(=O)O. The lowest BCUT2D eigenvalue weighted by atomic mass is 10.0. The number of nitrogens with one attached hydrogen (secondary N) is 2. The van der Waals surface area contributed by atoms with Crippen molar-refractivity contribution in [3.63, 3.8) is 0 Å². The van der Waals surface area contributed by atoms with Gasteiger partial charge in [0.2, 0.25) is 0 Å². The van der Waals surface area contributed by atoms with Crippen LogP contribution in [0.4, 0.5) is 4.79 Å². The third kappa shape index (κ3) is 6.09. The van der Waals surface area contributed by atoms with Crippen LogP contribution in [0.3, 0.4) is 0 Å². The van der Waals surface area contributed by atoms with Gasteiger partial charge in [0.05, 0.1) is 0 Å². The second-order valence-electron chi connectivity index (χ2n) is 7.23. The largest absolute Gasteiger partial charge is 0.480 e. The molecule has 0 saturated carbocycles. The molecule has 28 heavy (non-hydrogen) atoms. The summed E-state index contributed by atoms with van der Waals surface area (Å²) in [4.78, 5) is 26.2. The molecule has 1 fully saturated rings. The van der Waals surface area contributed by atoms with Crippen molar-refractivity contribution < 1.29 is 14.7 Å². The monoisotopic (exact) mass is 381 g/mol. The third-order valence-corrected chi connectivity index (χ3v) is 5.06. The number of piperidine rings is 1. The van der Waals surface area contributed by atoms with E-state index in [0.29, 0.717) is 0 Å². The highest BCUT2D eigenvalue weighted by Gasteiger charge is 2.24. The van der Waals surface area contributed by atoms with Gasteiger partial charge in [0.1, 0.15) is 6.04 Å². The number of likely N-dealkylation sites (tertiary alicyclic amines) is 1. The van der Waals surface area contributed by atoms with Gasteiger partial charge in [-0.05, 0) is 24.0 Å². The summed E-state index contributed by atoms with van der Waals surface area (Å²) < 4.78 is 0. The highest BCUT2D eigenvalue weighted by molar-refractivity contribution is 5.82. The molecule has 148 valence electrons. The van der Waals surface area contributed by atoms with Gasteiger partial charge in [0.25, 0.3) is 0 Å². The Labute approximate surface area is 165 Å². The van der Waals surface area contributed by atoms with Crippen molar-refractivity contribution in [1.82, 2.24) is 15.5 Å². The maximum Gasteiger partial charge on any atom is 0.326 e. The number of carbonyl (C=O) groups is 2. The highest BCUT2D eigenvalue weighted by atomic mass is 16.4. The summed E-state index contributed by atoms with van der Waals surface area (Å²) in [5, 5.41) is 14.9. The standard InChI is InChI=1S/C22H27N3O3/c26-21(27)20(15-17-7-3-1-4-8-17)24-22(28)23-19-11-13-25(14-12-19)16-18-9-5-2-6-10-18/h1-10,19-20H,11-16H2,(H,26,27)(H2,23,24,28)/t20-/m0/s1. The molecule has 3 N–H and O–H groups in total. The van der Waals surface area contributed by atoms with Crippen LogP contribution in [-0.2, 0) is 17.8 Å². The van der Waals surface area contributed by atoms with Crippen LogP contribution in [0, 0.1) is 0 Å². The number of nitrogens with zero attached hydrogens (tertiary/aromatic N) is 1. The lowest BCUT2D eigenvalue weighted by molar-refractivity contribution is -0.139. The van der Waals surface area contributed by atoms with Gasteiger partial charge in [-0.15, -0.1) is 0 Å². The average molecular weight is 381 g/mol. The zero-order chi connectivity index (χ0) is 19.8. The number of amides is 2. The fourth-order valence-electron chi connectivity index (χ4n) is 3.51. The van der Waals surface area contributed by atoms with Crippen LogP contribution in [0.25, 0.3) is 0 Å². The Hall–Kier alpha value is -2.86. The average Bonchev–Trinajstić information content (AvgIpc) is 2.70. The van der Waals surface area contributed by atoms with E-state index in [1.807, 2.05) is 48.5 Å². The maximum absolute atomic E-state index is 12.3. The lowest BCUT2D eigenvalue weighted by Gasteiger charge is -2.32. The number of hydrogen-bond donors (Lipinski definition) is 3. The molecular formula is C22H27N3O3. The smallest absolute Gasteiger partial charge is 0.326 e. The predicted octanol–water partition coefficient (Wildman–Crippen LogP) is 2.65. The normalized spacial score (nSPS) is 16.3. The van der Waals surface area contributed by atoms with E-state index in [1.54, 1.807) is 0 Å². The summed E-state index contributed by atoms with van der Waals surface area (Å²) in [7, 11) is 0. The zero-order valence-corrected chi connectivity index (χ0v) is 15.9. The molecule has 1 saturated heterocycles. The van der Waals surface area contributed by atoms with E-state index >= 15 is 0 Å². The van der Waals surface area contributed by atoms with Gasteiger partial charge in [-0.25, -0.2) is 9.59 Å². The summed E-state index contributed by atoms with van der Waals surface area (Å²) in [6, 6.07) is 18.4. The van der Waals surface area contributed by atoms with E-state index in [-0.39, 0.29) is 12.5 Å². The molecule has 0 aromatic heterocycles. The second-order valence-corrected chi connectivity index (χ2v) is 7.23. The predicted molar refractivity (Wildman–Crippen MR) is 108 cm³/mol. The quantitative estimate of drug-likeness (QED) is 0.689. The molecule has 0 unspecified atom stereocenters. The molecule has 1 aliphatic heterocycles. The molecule has 6 heteroatoms. The first-order chi connectivity index (χ1) is 13.6. The van der Waals surface area contributed by atoms with E-state index in [9.17, 15) is 14.7 Å². The number of carboxylic acid groups (broad SMARTS) is 1. The maximum atomic E-state index is 12.3. The van der Waals surface area contributed by atoms with Crippen molar-refractivity contribution in [1.29, 1.82) is 0 Å². The van der Waals surface area contributed by atoms with Crippen LogP contribution in [0.5, 0.6) is 0 Å².